The second kappa shape index (κ2) is 9.36. The highest BCUT2D eigenvalue weighted by molar-refractivity contribution is 14.1. The molecule has 0 saturated heterocycles. The Labute approximate surface area is 182 Å². The normalized spacial score (nSPS) is 11.6. The van der Waals surface area contributed by atoms with Crippen LogP contribution < -0.4 is 15.4 Å². The van der Waals surface area contributed by atoms with Gasteiger partial charge in [0.2, 0.25) is 0 Å². The molecule has 2 N–H and O–H groups in total. The molecule has 4 nitrogen and oxygen atoms in total. The van der Waals surface area contributed by atoms with E-state index in [0.29, 0.717) is 15.8 Å². The fraction of sp³-hybridized carbons (Fsp3) is 0.125. The molecule has 0 saturated carbocycles. The number of carbonyl (C=O) groups excluding carboxylic acids is 1. The summed E-state index contributed by atoms with van der Waals surface area (Å²) >= 11 is 22.6. The maximum absolute atomic E-state index is 12.2. The van der Waals surface area contributed by atoms with Gasteiger partial charge in [0.25, 0.3) is 5.91 Å². The summed E-state index contributed by atoms with van der Waals surface area (Å²) in [6.07, 6.45) is -0.789. The Kier molecular flexibility index (Phi) is 7.75. The molecule has 0 aliphatic rings. The van der Waals surface area contributed by atoms with E-state index in [1.807, 2.05) is 18.2 Å². The van der Waals surface area contributed by atoms with E-state index >= 15 is 0 Å². The van der Waals surface area contributed by atoms with Crippen LogP contribution in [0.5, 0.6) is 5.75 Å². The second-order valence-corrected chi connectivity index (χ2v) is 8.23. The zero-order valence-electron chi connectivity index (χ0n) is 12.8. The van der Waals surface area contributed by atoms with Gasteiger partial charge < -0.3 is 10.1 Å². The van der Waals surface area contributed by atoms with E-state index in [4.69, 9.17) is 40.2 Å². The van der Waals surface area contributed by atoms with Crippen molar-refractivity contribution in [3.8, 4) is 5.75 Å². The number of thiocarbonyl (C=S) groups is 1. The number of hydrogen-bond donors (Lipinski definition) is 2. The quantitative estimate of drug-likeness (QED) is 0.367. The van der Waals surface area contributed by atoms with Crippen LogP contribution in [0.25, 0.3) is 0 Å². The smallest absolute Gasteiger partial charge is 0.266 e. The molecular formula is C16H12BrCl2IN2O2S. The van der Waals surface area contributed by atoms with Crippen molar-refractivity contribution in [1.29, 1.82) is 0 Å². The Hall–Kier alpha value is -0.610. The third kappa shape index (κ3) is 6.25. The van der Waals surface area contributed by atoms with E-state index < -0.39 is 12.0 Å². The molecule has 25 heavy (non-hydrogen) atoms. The van der Waals surface area contributed by atoms with Gasteiger partial charge in [-0.05, 0) is 78.1 Å². The van der Waals surface area contributed by atoms with Gasteiger partial charge in [-0.2, -0.15) is 0 Å². The number of ether oxygens (including phenoxy) is 1. The van der Waals surface area contributed by atoms with Crippen LogP contribution in [0.1, 0.15) is 6.92 Å². The Morgan fingerprint density at radius 3 is 2.64 bits per heavy atom. The molecule has 9 heteroatoms. The number of carbonyl (C=O) groups is 1. The van der Waals surface area contributed by atoms with Crippen LogP contribution >= 0.6 is 73.9 Å². The summed E-state index contributed by atoms with van der Waals surface area (Å²) in [6.45, 7) is 1.60. The number of nitrogens with one attached hydrogen (secondary N) is 2. The van der Waals surface area contributed by atoms with E-state index in [1.54, 1.807) is 25.1 Å². The number of benzene rings is 2. The topological polar surface area (TPSA) is 50.4 Å². The number of halogens is 4. The van der Waals surface area contributed by atoms with Gasteiger partial charge >= 0.3 is 0 Å². The van der Waals surface area contributed by atoms with Gasteiger partial charge in [0.15, 0.2) is 11.2 Å². The lowest BCUT2D eigenvalue weighted by atomic mass is 10.3. The van der Waals surface area contributed by atoms with E-state index in [-0.39, 0.29) is 5.11 Å². The van der Waals surface area contributed by atoms with Crippen LogP contribution in [0, 0.1) is 3.57 Å². The van der Waals surface area contributed by atoms with Crippen molar-refractivity contribution < 1.29 is 9.53 Å². The van der Waals surface area contributed by atoms with E-state index in [1.165, 1.54) is 0 Å². The van der Waals surface area contributed by atoms with Crippen LogP contribution in [0.3, 0.4) is 0 Å². The maximum Gasteiger partial charge on any atom is 0.266 e. The summed E-state index contributed by atoms with van der Waals surface area (Å²) in [6, 6.07) is 10.5. The van der Waals surface area contributed by atoms with E-state index in [2.05, 4.69) is 49.2 Å². The first kappa shape index (κ1) is 20.7. The summed E-state index contributed by atoms with van der Waals surface area (Å²) in [4.78, 5) is 12.2. The van der Waals surface area contributed by atoms with Crippen molar-refractivity contribution in [2.24, 2.45) is 0 Å². The third-order valence-electron chi connectivity index (χ3n) is 2.98. The van der Waals surface area contributed by atoms with Crippen LogP contribution in [0.4, 0.5) is 5.69 Å². The first-order chi connectivity index (χ1) is 11.8. The molecule has 1 unspecified atom stereocenters. The molecular weight excluding hydrogens is 562 g/mol. The van der Waals surface area contributed by atoms with Gasteiger partial charge in [0, 0.05) is 13.1 Å². The van der Waals surface area contributed by atoms with Crippen LogP contribution in [-0.2, 0) is 4.79 Å². The van der Waals surface area contributed by atoms with Gasteiger partial charge in [0.1, 0.15) is 5.75 Å². The minimum absolute atomic E-state index is 0.183. The average Bonchev–Trinajstić information content (AvgIpc) is 2.52. The Bertz CT molecular complexity index is 823. The number of amides is 1. The molecule has 1 amide bonds. The number of anilines is 1. The highest BCUT2D eigenvalue weighted by Crippen LogP contribution is 2.28. The molecule has 0 aliphatic heterocycles. The first-order valence-corrected chi connectivity index (χ1v) is 9.98. The van der Waals surface area contributed by atoms with Crippen molar-refractivity contribution in [2.45, 2.75) is 13.0 Å². The Morgan fingerprint density at radius 1 is 1.28 bits per heavy atom. The Balaban J connectivity index is 1.94. The highest BCUT2D eigenvalue weighted by atomic mass is 127. The minimum atomic E-state index is -0.789. The van der Waals surface area contributed by atoms with Crippen molar-refractivity contribution in [3.63, 3.8) is 0 Å². The summed E-state index contributed by atoms with van der Waals surface area (Å²) in [5, 5.41) is 6.58. The monoisotopic (exact) mass is 572 g/mol. The molecule has 2 aromatic rings. The van der Waals surface area contributed by atoms with Crippen molar-refractivity contribution in [2.75, 3.05) is 5.32 Å². The molecule has 0 radical (unpaired) electrons. The van der Waals surface area contributed by atoms with Gasteiger partial charge in [-0.25, -0.2) is 0 Å². The van der Waals surface area contributed by atoms with Gasteiger partial charge in [-0.1, -0.05) is 39.1 Å². The lowest BCUT2D eigenvalue weighted by molar-refractivity contribution is -0.125. The van der Waals surface area contributed by atoms with E-state index in [0.717, 1.165) is 13.7 Å². The predicted octanol–water partition coefficient (Wildman–Crippen LogP) is 5.64. The fourth-order valence-electron chi connectivity index (χ4n) is 1.77. The van der Waals surface area contributed by atoms with Gasteiger partial charge in [-0.3, -0.25) is 10.1 Å². The standard InChI is InChI=1S/C16H12BrCl2IN2O2S/c1-8(24-14-5-3-10(18)7-11(14)19)15(23)22-16(25)21-13-4-2-9(17)6-12(13)20/h2-8H,1H3,(H2,21,22,23,25). The highest BCUT2D eigenvalue weighted by Gasteiger charge is 2.18. The lowest BCUT2D eigenvalue weighted by Crippen LogP contribution is -2.42. The van der Waals surface area contributed by atoms with Crippen molar-refractivity contribution >= 4 is 90.6 Å². The van der Waals surface area contributed by atoms with Crippen molar-refractivity contribution in [1.82, 2.24) is 5.32 Å². The molecule has 132 valence electrons. The molecule has 2 aromatic carbocycles. The van der Waals surface area contributed by atoms with Crippen LogP contribution in [-0.4, -0.2) is 17.1 Å². The molecule has 2 rings (SSSR count). The predicted molar refractivity (Wildman–Crippen MR) is 118 cm³/mol. The largest absolute Gasteiger partial charge is 0.479 e. The molecule has 0 heterocycles. The zero-order valence-corrected chi connectivity index (χ0v) is 18.8. The third-order valence-corrected chi connectivity index (χ3v) is 5.10. The fourth-order valence-corrected chi connectivity index (χ4v) is 3.88. The lowest BCUT2D eigenvalue weighted by Gasteiger charge is -2.17. The molecule has 0 aromatic heterocycles. The van der Waals surface area contributed by atoms with Crippen LogP contribution in [0.2, 0.25) is 10.0 Å². The second-order valence-electron chi connectivity index (χ2n) is 4.90. The molecule has 0 fully saturated rings. The first-order valence-electron chi connectivity index (χ1n) is 6.95. The number of hydrogen-bond acceptors (Lipinski definition) is 3. The maximum atomic E-state index is 12.2. The summed E-state index contributed by atoms with van der Waals surface area (Å²) < 4.78 is 7.47. The number of rotatable bonds is 4. The summed E-state index contributed by atoms with van der Waals surface area (Å²) in [5.74, 6) is -0.0225. The SMILES string of the molecule is CC(Oc1ccc(Cl)cc1Cl)C(=O)NC(=S)Nc1ccc(Br)cc1I. The van der Waals surface area contributed by atoms with Crippen molar-refractivity contribution in [3.05, 3.63) is 54.5 Å². The minimum Gasteiger partial charge on any atom is -0.479 e. The average molecular weight is 574 g/mol. The zero-order chi connectivity index (χ0) is 18.6. The molecule has 1 atom stereocenters. The molecule has 0 spiro atoms. The Morgan fingerprint density at radius 2 is 2.00 bits per heavy atom. The van der Waals surface area contributed by atoms with Gasteiger partial charge in [0.05, 0.1) is 10.7 Å². The summed E-state index contributed by atoms with van der Waals surface area (Å²) in [5.41, 5.74) is 0.795. The molecule has 0 bridgehead atoms. The molecule has 0 aliphatic carbocycles. The van der Waals surface area contributed by atoms with Gasteiger partial charge in [-0.15, -0.1) is 0 Å². The summed E-state index contributed by atoms with van der Waals surface area (Å²) in [7, 11) is 0. The van der Waals surface area contributed by atoms with E-state index in [9.17, 15) is 4.79 Å². The van der Waals surface area contributed by atoms with Crippen LogP contribution in [0.15, 0.2) is 40.9 Å².